The Morgan fingerprint density at radius 1 is 1.62 bits per heavy atom. The lowest BCUT2D eigenvalue weighted by atomic mass is 10.2. The topological polar surface area (TPSA) is 54.5 Å². The molecule has 2 atom stereocenters. The van der Waals surface area contributed by atoms with Crippen LogP contribution in [0.4, 0.5) is 4.79 Å². The second-order valence-electron chi connectivity index (χ2n) is 5.86. The van der Waals surface area contributed by atoms with Crippen molar-refractivity contribution in [2.24, 2.45) is 5.92 Å². The molecule has 1 saturated heterocycles. The third-order valence-corrected chi connectivity index (χ3v) is 4.44. The van der Waals surface area contributed by atoms with Crippen molar-refractivity contribution in [3.63, 3.8) is 0 Å². The zero-order valence-electron chi connectivity index (χ0n) is 13.0. The molecule has 0 spiro atoms. The molecule has 0 unspecified atom stereocenters. The van der Waals surface area contributed by atoms with Crippen molar-refractivity contribution < 1.29 is 9.53 Å². The van der Waals surface area contributed by atoms with Gasteiger partial charge < -0.3 is 15.0 Å². The first kappa shape index (κ1) is 16.2. The number of carbonyl (C=O) groups excluding carboxylic acids is 1. The van der Waals surface area contributed by atoms with E-state index in [1.165, 1.54) is 0 Å². The van der Waals surface area contributed by atoms with Gasteiger partial charge >= 0.3 is 6.03 Å². The van der Waals surface area contributed by atoms with Gasteiger partial charge in [-0.3, -0.25) is 0 Å². The summed E-state index contributed by atoms with van der Waals surface area (Å²) in [6, 6.07) is 0.000768. The summed E-state index contributed by atoms with van der Waals surface area (Å²) in [4.78, 5) is 18.5. The van der Waals surface area contributed by atoms with Crippen LogP contribution in [-0.2, 0) is 4.74 Å². The molecule has 2 amide bonds. The summed E-state index contributed by atoms with van der Waals surface area (Å²) in [5.74, 6) is 0.530. The lowest BCUT2D eigenvalue weighted by Crippen LogP contribution is -2.40. The molecule has 1 fully saturated rings. The molecule has 1 N–H and O–H groups in total. The van der Waals surface area contributed by atoms with Crippen LogP contribution in [0, 0.1) is 5.92 Å². The normalized spacial score (nSPS) is 20.0. The lowest BCUT2D eigenvalue weighted by Gasteiger charge is -2.21. The van der Waals surface area contributed by atoms with Crippen LogP contribution in [0.5, 0.6) is 0 Å². The molecule has 2 rings (SSSR count). The van der Waals surface area contributed by atoms with Gasteiger partial charge in [0.05, 0.1) is 12.1 Å². The summed E-state index contributed by atoms with van der Waals surface area (Å²) < 4.78 is 5.82. The number of hydrogen-bond donors (Lipinski definition) is 1. The fourth-order valence-corrected chi connectivity index (χ4v) is 3.14. The van der Waals surface area contributed by atoms with Crippen molar-refractivity contribution in [3.8, 4) is 0 Å². The Kier molecular flexibility index (Phi) is 5.99. The minimum atomic E-state index is -0.00676. The van der Waals surface area contributed by atoms with E-state index in [0.717, 1.165) is 31.0 Å². The Morgan fingerprint density at radius 2 is 2.43 bits per heavy atom. The van der Waals surface area contributed by atoms with E-state index in [1.807, 2.05) is 10.3 Å². The number of hydrogen-bond acceptors (Lipinski definition) is 4. The Balaban J connectivity index is 1.81. The molecule has 0 aromatic carbocycles. The second-order valence-corrected chi connectivity index (χ2v) is 6.79. The highest BCUT2D eigenvalue weighted by atomic mass is 32.1. The molecule has 1 aromatic rings. The molecule has 1 aliphatic heterocycles. The van der Waals surface area contributed by atoms with Crippen molar-refractivity contribution in [2.45, 2.75) is 45.8 Å². The first-order valence-electron chi connectivity index (χ1n) is 7.66. The second kappa shape index (κ2) is 7.75. The van der Waals surface area contributed by atoms with E-state index in [2.05, 4.69) is 31.1 Å². The lowest BCUT2D eigenvalue weighted by molar-refractivity contribution is 0.0435. The number of aromatic nitrogens is 1. The molecule has 6 heteroatoms. The van der Waals surface area contributed by atoms with Gasteiger partial charge in [0.1, 0.15) is 5.01 Å². The van der Waals surface area contributed by atoms with Gasteiger partial charge in [-0.25, -0.2) is 9.78 Å². The van der Waals surface area contributed by atoms with Crippen molar-refractivity contribution in [1.29, 1.82) is 0 Å². The zero-order valence-corrected chi connectivity index (χ0v) is 13.9. The molecule has 2 heterocycles. The summed E-state index contributed by atoms with van der Waals surface area (Å²) in [6.07, 6.45) is 3.73. The quantitative estimate of drug-likeness (QED) is 0.878. The summed E-state index contributed by atoms with van der Waals surface area (Å²) in [7, 11) is 0. The Morgan fingerprint density at radius 3 is 3.05 bits per heavy atom. The Labute approximate surface area is 130 Å². The average molecular weight is 311 g/mol. The van der Waals surface area contributed by atoms with Gasteiger partial charge in [-0.2, -0.15) is 0 Å². The van der Waals surface area contributed by atoms with Crippen LogP contribution in [-0.4, -0.2) is 41.7 Å². The minimum absolute atomic E-state index is 0.00676. The van der Waals surface area contributed by atoms with Gasteiger partial charge in [-0.05, 0) is 18.8 Å². The molecule has 0 radical (unpaired) electrons. The summed E-state index contributed by atoms with van der Waals surface area (Å²) in [5, 5.41) is 5.99. The van der Waals surface area contributed by atoms with E-state index in [9.17, 15) is 4.79 Å². The molecule has 0 bridgehead atoms. The highest BCUT2D eigenvalue weighted by molar-refractivity contribution is 7.09. The van der Waals surface area contributed by atoms with Crippen molar-refractivity contribution in [1.82, 2.24) is 15.2 Å². The monoisotopic (exact) mass is 311 g/mol. The van der Waals surface area contributed by atoms with E-state index >= 15 is 0 Å². The number of carbonyl (C=O) groups is 1. The van der Waals surface area contributed by atoms with E-state index in [-0.39, 0.29) is 18.2 Å². The van der Waals surface area contributed by atoms with Gasteiger partial charge in [-0.15, -0.1) is 11.3 Å². The molecular weight excluding hydrogens is 286 g/mol. The van der Waals surface area contributed by atoms with Crippen molar-refractivity contribution in [3.05, 3.63) is 16.6 Å². The number of thiazole rings is 1. The predicted molar refractivity (Wildman–Crippen MR) is 84.4 cm³/mol. The predicted octanol–water partition coefficient (Wildman–Crippen LogP) is 3.05. The van der Waals surface area contributed by atoms with Crippen LogP contribution in [0.25, 0.3) is 0 Å². The van der Waals surface area contributed by atoms with Crippen LogP contribution in [0.15, 0.2) is 11.6 Å². The molecule has 1 aromatic heterocycles. The fraction of sp³-hybridized carbons (Fsp3) is 0.733. The number of urea groups is 1. The Hall–Kier alpha value is -1.14. The minimum Gasteiger partial charge on any atom is -0.376 e. The number of likely N-dealkylation sites (tertiary alicyclic amines) is 1. The molecular formula is C15H25N3O2S. The van der Waals surface area contributed by atoms with Crippen LogP contribution in [0.3, 0.4) is 0 Å². The zero-order chi connectivity index (χ0) is 15.2. The molecule has 0 aliphatic carbocycles. The number of rotatable bonds is 6. The van der Waals surface area contributed by atoms with E-state index < -0.39 is 0 Å². The van der Waals surface area contributed by atoms with E-state index in [4.69, 9.17) is 4.74 Å². The number of nitrogens with one attached hydrogen (secondary N) is 1. The number of amides is 2. The van der Waals surface area contributed by atoms with Gasteiger partial charge in [0.25, 0.3) is 0 Å². The van der Waals surface area contributed by atoms with Crippen molar-refractivity contribution >= 4 is 17.4 Å². The number of nitrogens with zero attached hydrogens (tertiary/aromatic N) is 2. The first-order chi connectivity index (χ1) is 10.1. The average Bonchev–Trinajstić information content (AvgIpc) is 3.13. The van der Waals surface area contributed by atoms with Crippen LogP contribution >= 0.6 is 11.3 Å². The van der Waals surface area contributed by atoms with Gasteiger partial charge in [0.2, 0.25) is 0 Å². The fourth-order valence-electron chi connectivity index (χ4n) is 2.36. The van der Waals surface area contributed by atoms with E-state index in [1.54, 1.807) is 17.5 Å². The van der Waals surface area contributed by atoms with Gasteiger partial charge in [0.15, 0.2) is 0 Å². The first-order valence-corrected chi connectivity index (χ1v) is 8.54. The largest absolute Gasteiger partial charge is 0.376 e. The third-order valence-electron chi connectivity index (χ3n) is 3.55. The van der Waals surface area contributed by atoms with Crippen LogP contribution < -0.4 is 5.32 Å². The SMILES string of the molecule is CC[C@H](NC(=O)N1CC[C@@H](OCC(C)C)C1)c1nccs1. The maximum Gasteiger partial charge on any atom is 0.318 e. The summed E-state index contributed by atoms with van der Waals surface area (Å²) in [6.45, 7) is 8.55. The van der Waals surface area contributed by atoms with Crippen molar-refractivity contribution in [2.75, 3.05) is 19.7 Å². The maximum absolute atomic E-state index is 12.3. The van der Waals surface area contributed by atoms with Gasteiger partial charge in [0, 0.05) is 31.3 Å². The van der Waals surface area contributed by atoms with Crippen LogP contribution in [0.1, 0.15) is 44.7 Å². The van der Waals surface area contributed by atoms with Gasteiger partial charge in [-0.1, -0.05) is 20.8 Å². The summed E-state index contributed by atoms with van der Waals surface area (Å²) >= 11 is 1.58. The summed E-state index contributed by atoms with van der Waals surface area (Å²) in [5.41, 5.74) is 0. The maximum atomic E-state index is 12.3. The highest BCUT2D eigenvalue weighted by Crippen LogP contribution is 2.20. The highest BCUT2D eigenvalue weighted by Gasteiger charge is 2.28. The Bertz CT molecular complexity index is 436. The molecule has 118 valence electrons. The molecule has 5 nitrogen and oxygen atoms in total. The standard InChI is InChI=1S/C15H25N3O2S/c1-4-13(14-16-6-8-21-14)17-15(19)18-7-5-12(9-18)20-10-11(2)3/h6,8,11-13H,4-5,7,9-10H2,1-3H3,(H,17,19)/t12-,13+/m1/s1. The number of ether oxygens (including phenoxy) is 1. The molecule has 0 saturated carbocycles. The van der Waals surface area contributed by atoms with E-state index in [0.29, 0.717) is 12.5 Å². The van der Waals surface area contributed by atoms with Crippen LogP contribution in [0.2, 0.25) is 0 Å². The smallest absolute Gasteiger partial charge is 0.318 e. The third kappa shape index (κ3) is 4.68. The molecule has 21 heavy (non-hydrogen) atoms. The molecule has 1 aliphatic rings.